The van der Waals surface area contributed by atoms with Crippen molar-refractivity contribution in [3.63, 3.8) is 0 Å². The molecule has 0 radical (unpaired) electrons. The molecule has 0 aromatic carbocycles. The number of nitrogens with zero attached hydrogens (tertiary/aromatic N) is 1. The lowest BCUT2D eigenvalue weighted by Crippen LogP contribution is -2.40. The van der Waals surface area contributed by atoms with Gasteiger partial charge < -0.3 is 9.47 Å². The highest BCUT2D eigenvalue weighted by molar-refractivity contribution is 7.09. The third-order valence-electron chi connectivity index (χ3n) is 3.15. The molecule has 112 valence electrons. The van der Waals surface area contributed by atoms with E-state index in [1.165, 1.54) is 11.3 Å². The molecule has 0 aliphatic rings. The smallest absolute Gasteiger partial charge is 0.323 e. The molecular formula is C14H21NO4S. The molecule has 1 aromatic heterocycles. The van der Waals surface area contributed by atoms with Crippen molar-refractivity contribution in [2.45, 2.75) is 40.5 Å². The molecule has 0 N–H and O–H groups in total. The van der Waals surface area contributed by atoms with Gasteiger partial charge in [-0.25, -0.2) is 4.98 Å². The molecule has 1 rings (SSSR count). The first-order valence-corrected chi connectivity index (χ1v) is 7.57. The van der Waals surface area contributed by atoms with Gasteiger partial charge in [-0.1, -0.05) is 0 Å². The Morgan fingerprint density at radius 3 is 2.20 bits per heavy atom. The molecule has 0 bridgehead atoms. The molecule has 1 aromatic rings. The Morgan fingerprint density at radius 1 is 1.25 bits per heavy atom. The first-order chi connectivity index (χ1) is 9.45. The maximum atomic E-state index is 12.1. The zero-order valence-electron chi connectivity index (χ0n) is 12.4. The number of carbonyl (C=O) groups excluding carboxylic acids is 2. The fourth-order valence-corrected chi connectivity index (χ4v) is 2.58. The molecule has 5 nitrogen and oxygen atoms in total. The van der Waals surface area contributed by atoms with E-state index in [0.717, 1.165) is 10.6 Å². The molecule has 0 saturated heterocycles. The number of hydrogen-bond donors (Lipinski definition) is 0. The van der Waals surface area contributed by atoms with E-state index in [1.54, 1.807) is 26.3 Å². The summed E-state index contributed by atoms with van der Waals surface area (Å²) >= 11 is 1.53. The summed E-state index contributed by atoms with van der Waals surface area (Å²) in [6, 6.07) is 0. The van der Waals surface area contributed by atoms with Crippen LogP contribution in [0, 0.1) is 12.3 Å². The highest BCUT2D eigenvalue weighted by atomic mass is 32.1. The minimum atomic E-state index is -1.26. The van der Waals surface area contributed by atoms with Gasteiger partial charge in [0, 0.05) is 4.88 Å². The van der Waals surface area contributed by atoms with Crippen molar-refractivity contribution in [3.05, 3.63) is 16.1 Å². The van der Waals surface area contributed by atoms with Crippen molar-refractivity contribution >= 4 is 23.3 Å². The SMILES string of the molecule is CCOC(=O)C(C)(CCc1scnc1C)C(=O)OCC. The quantitative estimate of drug-likeness (QED) is 0.572. The fourth-order valence-electron chi connectivity index (χ4n) is 1.80. The molecule has 0 fully saturated rings. The van der Waals surface area contributed by atoms with Gasteiger partial charge in [-0.05, 0) is 40.5 Å². The van der Waals surface area contributed by atoms with Gasteiger partial charge in [0.05, 0.1) is 24.4 Å². The number of aromatic nitrogens is 1. The lowest BCUT2D eigenvalue weighted by atomic mass is 9.85. The highest BCUT2D eigenvalue weighted by Crippen LogP contribution is 2.29. The van der Waals surface area contributed by atoms with Gasteiger partial charge in [0.1, 0.15) is 0 Å². The number of esters is 2. The third-order valence-corrected chi connectivity index (χ3v) is 4.14. The summed E-state index contributed by atoms with van der Waals surface area (Å²) in [7, 11) is 0. The van der Waals surface area contributed by atoms with Gasteiger partial charge in [-0.15, -0.1) is 11.3 Å². The van der Waals surface area contributed by atoms with Crippen LogP contribution in [0.1, 0.15) is 37.8 Å². The van der Waals surface area contributed by atoms with Crippen LogP contribution in [0.25, 0.3) is 0 Å². The van der Waals surface area contributed by atoms with Crippen LogP contribution in [-0.4, -0.2) is 30.1 Å². The van der Waals surface area contributed by atoms with Gasteiger partial charge in [-0.3, -0.25) is 9.59 Å². The van der Waals surface area contributed by atoms with E-state index in [9.17, 15) is 9.59 Å². The Bertz CT molecular complexity index is 451. The summed E-state index contributed by atoms with van der Waals surface area (Å²) < 4.78 is 10.0. The van der Waals surface area contributed by atoms with Gasteiger partial charge >= 0.3 is 11.9 Å². The Balaban J connectivity index is 2.84. The predicted octanol–water partition coefficient (Wildman–Crippen LogP) is 2.52. The summed E-state index contributed by atoms with van der Waals surface area (Å²) in [5.41, 5.74) is 1.43. The molecule has 6 heteroatoms. The number of carbonyl (C=O) groups is 2. The second-order valence-electron chi connectivity index (χ2n) is 4.63. The van der Waals surface area contributed by atoms with E-state index < -0.39 is 17.4 Å². The minimum Gasteiger partial charge on any atom is -0.465 e. The summed E-state index contributed by atoms with van der Waals surface area (Å²) in [6.45, 7) is 7.42. The molecule has 0 aliphatic heterocycles. The van der Waals surface area contributed by atoms with Crippen LogP contribution < -0.4 is 0 Å². The van der Waals surface area contributed by atoms with Crippen molar-refractivity contribution in [2.24, 2.45) is 5.41 Å². The van der Waals surface area contributed by atoms with Crippen LogP contribution in [0.5, 0.6) is 0 Å². The lowest BCUT2D eigenvalue weighted by molar-refractivity contribution is -0.171. The molecule has 0 aliphatic carbocycles. The second kappa shape index (κ2) is 7.38. The number of thiazole rings is 1. The van der Waals surface area contributed by atoms with Crippen LogP contribution in [0.3, 0.4) is 0 Å². The van der Waals surface area contributed by atoms with E-state index >= 15 is 0 Å². The average molecular weight is 299 g/mol. The zero-order chi connectivity index (χ0) is 15.2. The molecule has 0 unspecified atom stereocenters. The molecule has 0 amide bonds. The molecular weight excluding hydrogens is 278 g/mol. The minimum absolute atomic E-state index is 0.243. The monoisotopic (exact) mass is 299 g/mol. The van der Waals surface area contributed by atoms with E-state index in [4.69, 9.17) is 9.47 Å². The van der Waals surface area contributed by atoms with E-state index in [1.807, 2.05) is 6.92 Å². The van der Waals surface area contributed by atoms with Gasteiger partial charge in [0.2, 0.25) is 0 Å². The van der Waals surface area contributed by atoms with Crippen LogP contribution in [-0.2, 0) is 25.5 Å². The number of rotatable bonds is 7. The summed E-state index contributed by atoms with van der Waals surface area (Å²) in [4.78, 5) is 29.4. The Morgan fingerprint density at radius 2 is 1.80 bits per heavy atom. The normalized spacial score (nSPS) is 11.2. The van der Waals surface area contributed by atoms with Crippen molar-refractivity contribution in [1.82, 2.24) is 4.98 Å². The third kappa shape index (κ3) is 3.79. The van der Waals surface area contributed by atoms with Crippen molar-refractivity contribution in [3.8, 4) is 0 Å². The molecule has 20 heavy (non-hydrogen) atoms. The van der Waals surface area contributed by atoms with Crippen LogP contribution >= 0.6 is 11.3 Å². The van der Waals surface area contributed by atoms with Crippen molar-refractivity contribution in [2.75, 3.05) is 13.2 Å². The summed E-state index contributed by atoms with van der Waals surface area (Å²) in [5, 5.41) is 0. The molecule has 0 atom stereocenters. The number of hydrogen-bond acceptors (Lipinski definition) is 6. The number of aryl methyl sites for hydroxylation is 2. The first-order valence-electron chi connectivity index (χ1n) is 6.69. The highest BCUT2D eigenvalue weighted by Gasteiger charge is 2.43. The topological polar surface area (TPSA) is 65.5 Å². The standard InChI is InChI=1S/C14H21NO4S/c1-5-18-12(16)14(4,13(17)19-6-2)8-7-11-10(3)15-9-20-11/h9H,5-8H2,1-4H3. The Labute approximate surface area is 123 Å². The molecule has 0 saturated carbocycles. The van der Waals surface area contributed by atoms with Crippen LogP contribution in [0.15, 0.2) is 5.51 Å². The molecule has 0 spiro atoms. The summed E-state index contributed by atoms with van der Waals surface area (Å²) in [5.74, 6) is -1.05. The lowest BCUT2D eigenvalue weighted by Gasteiger charge is -2.24. The van der Waals surface area contributed by atoms with Crippen molar-refractivity contribution in [1.29, 1.82) is 0 Å². The van der Waals surface area contributed by atoms with E-state index in [-0.39, 0.29) is 13.2 Å². The fraction of sp³-hybridized carbons (Fsp3) is 0.643. The maximum absolute atomic E-state index is 12.1. The van der Waals surface area contributed by atoms with Gasteiger partial charge in [0.25, 0.3) is 0 Å². The second-order valence-corrected chi connectivity index (χ2v) is 5.57. The van der Waals surface area contributed by atoms with Gasteiger partial charge in [0.15, 0.2) is 5.41 Å². The predicted molar refractivity (Wildman–Crippen MR) is 76.5 cm³/mol. The average Bonchev–Trinajstić information content (AvgIpc) is 2.82. The van der Waals surface area contributed by atoms with Crippen molar-refractivity contribution < 1.29 is 19.1 Å². The summed E-state index contributed by atoms with van der Waals surface area (Å²) in [6.07, 6.45) is 0.957. The largest absolute Gasteiger partial charge is 0.465 e. The maximum Gasteiger partial charge on any atom is 0.323 e. The Hall–Kier alpha value is -1.43. The molecule has 1 heterocycles. The zero-order valence-corrected chi connectivity index (χ0v) is 13.2. The van der Waals surface area contributed by atoms with Crippen LogP contribution in [0.4, 0.5) is 0 Å². The van der Waals surface area contributed by atoms with E-state index in [0.29, 0.717) is 12.8 Å². The van der Waals surface area contributed by atoms with E-state index in [2.05, 4.69) is 4.98 Å². The first kappa shape index (κ1) is 16.6. The number of ether oxygens (including phenoxy) is 2. The van der Waals surface area contributed by atoms with Gasteiger partial charge in [-0.2, -0.15) is 0 Å². The van der Waals surface area contributed by atoms with Crippen LogP contribution in [0.2, 0.25) is 0 Å². The Kier molecular flexibility index (Phi) is 6.13.